The molecule has 0 fully saturated rings. The molecule has 0 aliphatic heterocycles. The molecule has 1 atom stereocenters. The van der Waals surface area contributed by atoms with Gasteiger partial charge in [0, 0.05) is 0 Å². The van der Waals surface area contributed by atoms with E-state index in [0.29, 0.717) is 3.63 Å². The van der Waals surface area contributed by atoms with Crippen molar-refractivity contribution in [3.63, 3.8) is 0 Å². The maximum absolute atomic E-state index is 2.30. The summed E-state index contributed by atoms with van der Waals surface area (Å²) in [7, 11) is 0. The second-order valence-corrected chi connectivity index (χ2v) is 7.32. The van der Waals surface area contributed by atoms with Gasteiger partial charge >= 0.3 is 145 Å². The molecule has 3 heteroatoms. The van der Waals surface area contributed by atoms with Crippen LogP contribution in [0.2, 0.25) is 0 Å². The number of halogens is 2. The topological polar surface area (TPSA) is 0 Å². The van der Waals surface area contributed by atoms with Crippen molar-refractivity contribution in [3.8, 4) is 11.1 Å². The molecule has 115 valence electrons. The Hall–Kier alpha value is -1.14. The predicted molar refractivity (Wildman–Crippen MR) is 88.7 cm³/mol. The van der Waals surface area contributed by atoms with E-state index in [4.69, 9.17) is 0 Å². The van der Waals surface area contributed by atoms with Crippen LogP contribution in [0.15, 0.2) is 72.8 Å². The fraction of sp³-hybridized carbons (Fsp3) is 0.0476. The Balaban J connectivity index is 0.000000845. The normalized spacial score (nSPS) is 14.7. The number of hydrogen-bond acceptors (Lipinski definition) is 0. The third kappa shape index (κ3) is 2.30. The van der Waals surface area contributed by atoms with Crippen molar-refractivity contribution < 1.29 is 49.5 Å². The van der Waals surface area contributed by atoms with Crippen LogP contribution in [0.5, 0.6) is 0 Å². The Bertz CT molecular complexity index is 1060. The first-order valence-corrected chi connectivity index (χ1v) is 9.02. The molecule has 5 rings (SSSR count). The molecule has 0 aromatic heterocycles. The van der Waals surface area contributed by atoms with Gasteiger partial charge in [0.15, 0.2) is 0 Å². The van der Waals surface area contributed by atoms with Crippen LogP contribution in [0.4, 0.5) is 0 Å². The first-order valence-electron chi connectivity index (χ1n) is 7.60. The van der Waals surface area contributed by atoms with Gasteiger partial charge in [-0.05, 0) is 0 Å². The molecule has 1 aliphatic rings. The van der Waals surface area contributed by atoms with E-state index in [9.17, 15) is 0 Å². The van der Waals surface area contributed by atoms with Crippen LogP contribution >= 0.6 is 0 Å². The molecular weight excluding hydrogens is 414 g/mol. The average molecular weight is 427 g/mol. The molecule has 0 nitrogen and oxygen atoms in total. The van der Waals surface area contributed by atoms with E-state index in [-0.39, 0.29) is 24.8 Å². The van der Waals surface area contributed by atoms with Crippen LogP contribution < -0.4 is 24.8 Å². The molecule has 0 heterocycles. The molecule has 4 aromatic rings. The minimum absolute atomic E-state index is 0. The summed E-state index contributed by atoms with van der Waals surface area (Å²) in [5, 5.41) is 5.58. The molecule has 1 aliphatic carbocycles. The van der Waals surface area contributed by atoms with Gasteiger partial charge in [-0.25, -0.2) is 0 Å². The van der Waals surface area contributed by atoms with Gasteiger partial charge in [0.1, 0.15) is 0 Å². The number of rotatable bonds is 0. The Morgan fingerprint density at radius 2 is 1.08 bits per heavy atom. The van der Waals surface area contributed by atoms with Gasteiger partial charge in [0.05, 0.1) is 0 Å². The van der Waals surface area contributed by atoms with Crippen molar-refractivity contribution >= 4 is 21.5 Å². The summed E-state index contributed by atoms with van der Waals surface area (Å²) in [4.78, 5) is 0. The second-order valence-electron chi connectivity index (χ2n) is 5.90. The summed E-state index contributed by atoms with van der Waals surface area (Å²) >= 11 is 1.57. The van der Waals surface area contributed by atoms with Crippen LogP contribution in [0.3, 0.4) is 0 Å². The molecule has 0 spiro atoms. The Labute approximate surface area is 168 Å². The van der Waals surface area contributed by atoms with E-state index in [1.54, 1.807) is 24.7 Å². The van der Waals surface area contributed by atoms with Crippen molar-refractivity contribution in [2.75, 3.05) is 0 Å². The van der Waals surface area contributed by atoms with Crippen LogP contribution in [-0.2, 0) is 24.7 Å². The second kappa shape index (κ2) is 6.64. The molecule has 0 bridgehead atoms. The summed E-state index contributed by atoms with van der Waals surface area (Å²) in [5.74, 6) is 0. The van der Waals surface area contributed by atoms with Gasteiger partial charge in [-0.1, -0.05) is 0 Å². The Morgan fingerprint density at radius 3 is 1.79 bits per heavy atom. The van der Waals surface area contributed by atoms with Gasteiger partial charge in [-0.2, -0.15) is 0 Å². The Kier molecular flexibility index (Phi) is 4.89. The average Bonchev–Trinajstić information content (AvgIpc) is 2.89. The zero-order valence-corrected chi connectivity index (χ0v) is 16.7. The van der Waals surface area contributed by atoms with E-state index in [1.807, 2.05) is 0 Å². The van der Waals surface area contributed by atoms with Gasteiger partial charge in [0.2, 0.25) is 0 Å². The van der Waals surface area contributed by atoms with Gasteiger partial charge in [-0.15, -0.1) is 0 Å². The van der Waals surface area contributed by atoms with Gasteiger partial charge in [0.25, 0.3) is 0 Å². The van der Waals surface area contributed by atoms with E-state index in [1.165, 1.54) is 43.8 Å². The first kappa shape index (κ1) is 17.7. The SMILES string of the molecule is [Cl-].[Cl-].[Zr+2][CH]1c2ccccc2-c2c1c1ccccc1c1ccccc21. The predicted octanol–water partition coefficient (Wildman–Crippen LogP) is -0.382. The summed E-state index contributed by atoms with van der Waals surface area (Å²) in [6, 6.07) is 26.7. The fourth-order valence-electron chi connectivity index (χ4n) is 3.89. The standard InChI is InChI=1S/C21H13.2ClH.Zr/c1-2-8-15-14(7-1)13-20-18-11-4-3-9-16(18)17-10-5-6-12-19(17)21(15)20;;;/h1-13H;2*1H;/q;;;+2/p-2. The number of fused-ring (bicyclic) bond motifs is 8. The molecule has 0 saturated heterocycles. The van der Waals surface area contributed by atoms with E-state index in [0.717, 1.165) is 0 Å². The quantitative estimate of drug-likeness (QED) is 0.336. The molecule has 0 saturated carbocycles. The van der Waals surface area contributed by atoms with Crippen LogP contribution in [0, 0.1) is 0 Å². The fourth-order valence-corrected chi connectivity index (χ4v) is 5.25. The summed E-state index contributed by atoms with van der Waals surface area (Å²) < 4.78 is 0.549. The molecule has 0 amide bonds. The van der Waals surface area contributed by atoms with Gasteiger partial charge < -0.3 is 24.8 Å². The van der Waals surface area contributed by atoms with E-state index < -0.39 is 0 Å². The third-order valence-electron chi connectivity index (χ3n) is 4.80. The molecule has 1 unspecified atom stereocenters. The van der Waals surface area contributed by atoms with E-state index in [2.05, 4.69) is 72.8 Å². The minimum atomic E-state index is 0. The monoisotopic (exact) mass is 425 g/mol. The summed E-state index contributed by atoms with van der Waals surface area (Å²) in [6.45, 7) is 0. The van der Waals surface area contributed by atoms with Crippen molar-refractivity contribution in [3.05, 3.63) is 83.9 Å². The van der Waals surface area contributed by atoms with Crippen molar-refractivity contribution in [1.82, 2.24) is 0 Å². The molecular formula is C21H13Cl2Zr. The third-order valence-corrected chi connectivity index (χ3v) is 6.28. The van der Waals surface area contributed by atoms with Crippen LogP contribution in [-0.4, -0.2) is 0 Å². The molecule has 4 aromatic carbocycles. The Morgan fingerprint density at radius 1 is 0.583 bits per heavy atom. The van der Waals surface area contributed by atoms with Crippen molar-refractivity contribution in [2.45, 2.75) is 3.63 Å². The van der Waals surface area contributed by atoms with Crippen LogP contribution in [0.1, 0.15) is 14.8 Å². The summed E-state index contributed by atoms with van der Waals surface area (Å²) in [5.41, 5.74) is 5.93. The first-order chi connectivity index (χ1) is 10.9. The number of hydrogen-bond donors (Lipinski definition) is 0. The maximum atomic E-state index is 2.30. The molecule has 0 N–H and O–H groups in total. The van der Waals surface area contributed by atoms with E-state index >= 15 is 0 Å². The molecule has 24 heavy (non-hydrogen) atoms. The van der Waals surface area contributed by atoms with Crippen LogP contribution in [0.25, 0.3) is 32.7 Å². The van der Waals surface area contributed by atoms with Crippen molar-refractivity contribution in [1.29, 1.82) is 0 Å². The molecule has 0 radical (unpaired) electrons. The zero-order chi connectivity index (χ0) is 14.7. The number of benzene rings is 4. The van der Waals surface area contributed by atoms with Gasteiger partial charge in [-0.3, -0.25) is 0 Å². The van der Waals surface area contributed by atoms with Crippen molar-refractivity contribution in [2.24, 2.45) is 0 Å². The summed E-state index contributed by atoms with van der Waals surface area (Å²) in [6.07, 6.45) is 0. The zero-order valence-electron chi connectivity index (χ0n) is 12.8.